The summed E-state index contributed by atoms with van der Waals surface area (Å²) in [5.41, 5.74) is 1.04. The van der Waals surface area contributed by atoms with Crippen LogP contribution in [0.2, 0.25) is 0 Å². The zero-order valence-electron chi connectivity index (χ0n) is 15.2. The predicted molar refractivity (Wildman–Crippen MR) is 94.8 cm³/mol. The van der Waals surface area contributed by atoms with Crippen molar-refractivity contribution in [3.05, 3.63) is 41.6 Å². The fourth-order valence-corrected chi connectivity index (χ4v) is 2.89. The first-order chi connectivity index (χ1) is 11.9. The molecule has 0 bridgehead atoms. The van der Waals surface area contributed by atoms with Crippen molar-refractivity contribution in [3.63, 3.8) is 0 Å². The molecule has 2 rings (SSSR count). The van der Waals surface area contributed by atoms with Crippen LogP contribution in [0.15, 0.2) is 36.0 Å². The lowest BCUT2D eigenvalue weighted by molar-refractivity contribution is -0.117. The van der Waals surface area contributed by atoms with Crippen molar-refractivity contribution in [3.8, 4) is 11.8 Å². The molecule has 3 atom stereocenters. The Bertz CT molecular complexity index is 653. The van der Waals surface area contributed by atoms with Gasteiger partial charge in [0.25, 0.3) is 5.91 Å². The van der Waals surface area contributed by atoms with Crippen LogP contribution in [0.4, 0.5) is 0 Å². The largest absolute Gasteiger partial charge is 0.497 e. The average molecular weight is 343 g/mol. The third-order valence-electron chi connectivity index (χ3n) is 4.09. The molecule has 3 unspecified atom stereocenters. The van der Waals surface area contributed by atoms with E-state index in [2.05, 4.69) is 5.32 Å². The van der Waals surface area contributed by atoms with E-state index in [1.165, 1.54) is 0 Å². The van der Waals surface area contributed by atoms with Gasteiger partial charge in [-0.15, -0.1) is 0 Å². The van der Waals surface area contributed by atoms with Crippen LogP contribution in [0.25, 0.3) is 0 Å². The van der Waals surface area contributed by atoms with E-state index in [0.717, 1.165) is 11.3 Å². The van der Waals surface area contributed by atoms with Gasteiger partial charge in [0.15, 0.2) is 0 Å². The highest BCUT2D eigenvalue weighted by atomic mass is 16.5. The molecule has 1 saturated heterocycles. The first-order valence-corrected chi connectivity index (χ1v) is 8.39. The second kappa shape index (κ2) is 8.54. The molecule has 0 aromatic heterocycles. The number of nitrogens with zero attached hydrogens (tertiary/aromatic N) is 2. The molecule has 1 N–H and O–H groups in total. The molecule has 0 aliphatic carbocycles. The Balaban J connectivity index is 2.03. The highest BCUT2D eigenvalue weighted by molar-refractivity contribution is 5.97. The Morgan fingerprint density at radius 3 is 2.48 bits per heavy atom. The number of methoxy groups -OCH3 is 1. The zero-order chi connectivity index (χ0) is 18.4. The van der Waals surface area contributed by atoms with Crippen LogP contribution in [0.3, 0.4) is 0 Å². The molecule has 1 aliphatic heterocycles. The highest BCUT2D eigenvalue weighted by Crippen LogP contribution is 2.18. The summed E-state index contributed by atoms with van der Waals surface area (Å²) in [7, 11) is 1.61. The lowest BCUT2D eigenvalue weighted by atomic mass is 10.1. The van der Waals surface area contributed by atoms with Crippen molar-refractivity contribution in [1.82, 2.24) is 10.2 Å². The van der Waals surface area contributed by atoms with Crippen LogP contribution in [-0.4, -0.2) is 43.2 Å². The Labute approximate surface area is 149 Å². The molecule has 1 aliphatic rings. The number of nitrogens with one attached hydrogen (secondary N) is 1. The number of carbonyl (C=O) groups is 1. The van der Waals surface area contributed by atoms with E-state index in [1.54, 1.807) is 13.3 Å². The van der Waals surface area contributed by atoms with Crippen molar-refractivity contribution in [2.45, 2.75) is 39.0 Å². The molecule has 0 spiro atoms. The summed E-state index contributed by atoms with van der Waals surface area (Å²) in [5, 5.41) is 12.2. The van der Waals surface area contributed by atoms with E-state index < -0.39 is 0 Å². The normalized spacial score (nSPS) is 22.0. The van der Waals surface area contributed by atoms with Gasteiger partial charge in [0.2, 0.25) is 0 Å². The summed E-state index contributed by atoms with van der Waals surface area (Å²) in [6.07, 6.45) is 1.77. The topological polar surface area (TPSA) is 74.6 Å². The number of ether oxygens (including phenoxy) is 2. The van der Waals surface area contributed by atoms with Gasteiger partial charge in [0.05, 0.1) is 25.4 Å². The molecule has 134 valence electrons. The molecule has 0 radical (unpaired) electrons. The van der Waals surface area contributed by atoms with Crippen molar-refractivity contribution in [1.29, 1.82) is 5.26 Å². The van der Waals surface area contributed by atoms with E-state index in [4.69, 9.17) is 9.47 Å². The summed E-state index contributed by atoms with van der Waals surface area (Å²) in [5.74, 6) is 0.382. The minimum Gasteiger partial charge on any atom is -0.497 e. The summed E-state index contributed by atoms with van der Waals surface area (Å²) in [6.45, 7) is 7.17. The maximum absolute atomic E-state index is 12.4. The van der Waals surface area contributed by atoms with Gasteiger partial charge in [-0.1, -0.05) is 12.1 Å². The molecule has 1 aromatic carbocycles. The highest BCUT2D eigenvalue weighted by Gasteiger charge is 2.22. The summed E-state index contributed by atoms with van der Waals surface area (Å²) in [4.78, 5) is 14.4. The van der Waals surface area contributed by atoms with E-state index in [9.17, 15) is 10.1 Å². The van der Waals surface area contributed by atoms with Crippen molar-refractivity contribution in [2.75, 3.05) is 20.2 Å². The van der Waals surface area contributed by atoms with Gasteiger partial charge in [-0.25, -0.2) is 0 Å². The first kappa shape index (κ1) is 18.8. The molecule has 1 aromatic rings. The Hall–Kier alpha value is -2.52. The zero-order valence-corrected chi connectivity index (χ0v) is 15.2. The molecule has 1 fully saturated rings. The van der Waals surface area contributed by atoms with Crippen molar-refractivity contribution in [2.24, 2.45) is 0 Å². The molecule has 0 saturated carbocycles. The molecule has 6 nitrogen and oxygen atoms in total. The van der Waals surface area contributed by atoms with Crippen LogP contribution in [-0.2, 0) is 9.53 Å². The van der Waals surface area contributed by atoms with E-state index >= 15 is 0 Å². The number of carbonyl (C=O) groups excluding carboxylic acids is 1. The lowest BCUT2D eigenvalue weighted by Gasteiger charge is -2.34. The molecule has 1 heterocycles. The Kier molecular flexibility index (Phi) is 6.43. The van der Waals surface area contributed by atoms with Crippen molar-refractivity contribution < 1.29 is 14.3 Å². The predicted octanol–water partition coefficient (Wildman–Crippen LogP) is 2.39. The summed E-state index contributed by atoms with van der Waals surface area (Å²) < 4.78 is 10.8. The van der Waals surface area contributed by atoms with E-state index in [0.29, 0.717) is 13.1 Å². The monoisotopic (exact) mass is 343 g/mol. The molecular formula is C19H25N3O3. The van der Waals surface area contributed by atoms with Crippen LogP contribution < -0.4 is 10.1 Å². The van der Waals surface area contributed by atoms with E-state index in [1.807, 2.05) is 56.0 Å². The van der Waals surface area contributed by atoms with Gasteiger partial charge >= 0.3 is 0 Å². The van der Waals surface area contributed by atoms with Crippen LogP contribution >= 0.6 is 0 Å². The van der Waals surface area contributed by atoms with Gasteiger partial charge < -0.3 is 19.7 Å². The van der Waals surface area contributed by atoms with Gasteiger partial charge in [0.1, 0.15) is 17.4 Å². The number of hydrogen-bond donors (Lipinski definition) is 1. The minimum atomic E-state index is -0.377. The number of rotatable bonds is 5. The number of morpholine rings is 1. The average Bonchev–Trinajstić information content (AvgIpc) is 2.58. The maximum Gasteiger partial charge on any atom is 0.263 e. The van der Waals surface area contributed by atoms with Crippen molar-refractivity contribution >= 4 is 5.91 Å². The SMILES string of the molecule is COc1ccc(C(C)NC(=O)/C(C#N)=C\N2CC(C)OC(C)C2)cc1. The Morgan fingerprint density at radius 2 is 1.96 bits per heavy atom. The van der Waals surface area contributed by atoms with Gasteiger partial charge in [-0.3, -0.25) is 4.79 Å². The fourth-order valence-electron chi connectivity index (χ4n) is 2.89. The molecule has 25 heavy (non-hydrogen) atoms. The Morgan fingerprint density at radius 1 is 1.36 bits per heavy atom. The van der Waals surface area contributed by atoms with Gasteiger partial charge in [-0.2, -0.15) is 5.26 Å². The maximum atomic E-state index is 12.4. The number of benzene rings is 1. The third-order valence-corrected chi connectivity index (χ3v) is 4.09. The second-order valence-electron chi connectivity index (χ2n) is 6.33. The third kappa shape index (κ3) is 5.23. The smallest absolute Gasteiger partial charge is 0.263 e. The molecule has 1 amide bonds. The molecular weight excluding hydrogens is 318 g/mol. The summed E-state index contributed by atoms with van der Waals surface area (Å²) >= 11 is 0. The van der Waals surface area contributed by atoms with Gasteiger partial charge in [-0.05, 0) is 38.5 Å². The quantitative estimate of drug-likeness (QED) is 0.656. The van der Waals surface area contributed by atoms with E-state index in [-0.39, 0.29) is 29.7 Å². The minimum absolute atomic E-state index is 0.0706. The lowest BCUT2D eigenvalue weighted by Crippen LogP contribution is -2.43. The molecule has 6 heteroatoms. The number of nitriles is 1. The van der Waals surface area contributed by atoms with Gasteiger partial charge in [0, 0.05) is 19.3 Å². The first-order valence-electron chi connectivity index (χ1n) is 8.39. The van der Waals surface area contributed by atoms with Crippen LogP contribution in [0.1, 0.15) is 32.4 Å². The fraction of sp³-hybridized carbons (Fsp3) is 0.474. The van der Waals surface area contributed by atoms with Crippen LogP contribution in [0.5, 0.6) is 5.75 Å². The number of hydrogen-bond acceptors (Lipinski definition) is 5. The van der Waals surface area contributed by atoms with Crippen LogP contribution in [0, 0.1) is 11.3 Å². The standard InChI is InChI=1S/C19H25N3O3/c1-13-10-22(11-14(2)25-13)12-17(9-20)19(23)21-15(3)16-5-7-18(24-4)8-6-16/h5-8,12-15H,10-11H2,1-4H3,(H,21,23)/b17-12-. The second-order valence-corrected chi connectivity index (χ2v) is 6.33. The number of amides is 1. The summed E-state index contributed by atoms with van der Waals surface area (Å²) in [6, 6.07) is 9.26.